The smallest absolute Gasteiger partial charge is 0.372 e. The first kappa shape index (κ1) is 7.12. The molecule has 0 aliphatic carbocycles. The molecule has 1 aliphatic heterocycles. The molecule has 0 unspecified atom stereocenters. The van der Waals surface area contributed by atoms with Gasteiger partial charge in [-0.1, -0.05) is 0 Å². The Hall–Kier alpha value is -0.990. The number of ether oxygens (including phenoxy) is 2. The van der Waals surface area contributed by atoms with Gasteiger partial charge in [0.25, 0.3) is 0 Å². The summed E-state index contributed by atoms with van der Waals surface area (Å²) in [6, 6.07) is 0. The molecule has 0 aromatic rings. The largest absolute Gasteiger partial charge is 0.483 e. The number of hydrogen-bond acceptors (Lipinski definition) is 3. The van der Waals surface area contributed by atoms with Crippen LogP contribution in [0.25, 0.3) is 0 Å². The summed E-state index contributed by atoms with van der Waals surface area (Å²) in [5, 5.41) is 0. The fourth-order valence-electron chi connectivity index (χ4n) is 0.818. The van der Waals surface area contributed by atoms with Crippen LogP contribution in [0.5, 0.6) is 0 Å². The van der Waals surface area contributed by atoms with Gasteiger partial charge in [0.2, 0.25) is 5.76 Å². The fraction of sp³-hybridized carbons (Fsp3) is 0.571. The lowest BCUT2D eigenvalue weighted by molar-refractivity contribution is -0.140. The third-order valence-corrected chi connectivity index (χ3v) is 1.35. The molecule has 0 amide bonds. The molecule has 3 heteroatoms. The first-order valence-electron chi connectivity index (χ1n) is 3.19. The summed E-state index contributed by atoms with van der Waals surface area (Å²) < 4.78 is 9.55. The lowest BCUT2D eigenvalue weighted by atomic mass is 10.3. The van der Waals surface area contributed by atoms with Crippen LogP contribution in [0.15, 0.2) is 11.8 Å². The van der Waals surface area contributed by atoms with Crippen molar-refractivity contribution in [3.63, 3.8) is 0 Å². The lowest BCUT2D eigenvalue weighted by Gasteiger charge is -2.04. The van der Waals surface area contributed by atoms with Gasteiger partial charge in [-0.3, -0.25) is 0 Å². The lowest BCUT2D eigenvalue weighted by Crippen LogP contribution is -2.07. The summed E-state index contributed by atoms with van der Waals surface area (Å²) in [5.41, 5.74) is 0. The highest BCUT2D eigenvalue weighted by Gasteiger charge is 2.19. The molecule has 0 saturated carbocycles. The van der Waals surface area contributed by atoms with Crippen molar-refractivity contribution in [1.82, 2.24) is 0 Å². The third-order valence-electron chi connectivity index (χ3n) is 1.35. The average molecular weight is 142 g/mol. The molecule has 0 spiro atoms. The predicted octanol–water partition coefficient (Wildman–Crippen LogP) is 0.852. The van der Waals surface area contributed by atoms with Crippen molar-refractivity contribution in [3.8, 4) is 0 Å². The standard InChI is InChI=1S/C7H10O3/c1-5-3-4-6(10-5)7(8)9-2/h4-5H,3H2,1-2H3/t5-/m1/s1. The molecule has 1 aliphatic rings. The molecule has 10 heavy (non-hydrogen) atoms. The molecule has 1 rings (SSSR count). The van der Waals surface area contributed by atoms with E-state index in [9.17, 15) is 4.79 Å². The summed E-state index contributed by atoms with van der Waals surface area (Å²) in [5.74, 6) is -0.0423. The van der Waals surface area contributed by atoms with Crippen molar-refractivity contribution < 1.29 is 14.3 Å². The normalized spacial score (nSPS) is 23.4. The summed E-state index contributed by atoms with van der Waals surface area (Å²) in [6.07, 6.45) is 2.66. The van der Waals surface area contributed by atoms with Crippen LogP contribution in [-0.2, 0) is 14.3 Å². The van der Waals surface area contributed by atoms with E-state index in [1.807, 2.05) is 6.92 Å². The van der Waals surface area contributed by atoms with Gasteiger partial charge in [-0.15, -0.1) is 0 Å². The highest BCUT2D eigenvalue weighted by molar-refractivity contribution is 5.86. The highest BCUT2D eigenvalue weighted by Crippen LogP contribution is 2.16. The van der Waals surface area contributed by atoms with E-state index >= 15 is 0 Å². The minimum atomic E-state index is -0.385. The van der Waals surface area contributed by atoms with Gasteiger partial charge < -0.3 is 9.47 Å². The molecular formula is C7H10O3. The zero-order valence-corrected chi connectivity index (χ0v) is 6.09. The van der Waals surface area contributed by atoms with Gasteiger partial charge in [-0.2, -0.15) is 0 Å². The Kier molecular flexibility index (Phi) is 1.94. The molecule has 1 atom stereocenters. The summed E-state index contributed by atoms with van der Waals surface area (Å²) >= 11 is 0. The number of rotatable bonds is 1. The van der Waals surface area contributed by atoms with Crippen LogP contribution < -0.4 is 0 Å². The highest BCUT2D eigenvalue weighted by atomic mass is 16.6. The number of carbonyl (C=O) groups is 1. The molecule has 0 radical (unpaired) electrons. The predicted molar refractivity (Wildman–Crippen MR) is 35.3 cm³/mol. The Bertz CT molecular complexity index is 172. The van der Waals surface area contributed by atoms with Crippen LogP contribution in [0.1, 0.15) is 13.3 Å². The monoisotopic (exact) mass is 142 g/mol. The van der Waals surface area contributed by atoms with Gasteiger partial charge in [0, 0.05) is 6.42 Å². The van der Waals surface area contributed by atoms with E-state index in [1.54, 1.807) is 6.08 Å². The fourth-order valence-corrected chi connectivity index (χ4v) is 0.818. The number of methoxy groups -OCH3 is 1. The second kappa shape index (κ2) is 2.73. The maximum Gasteiger partial charge on any atom is 0.372 e. The van der Waals surface area contributed by atoms with Crippen LogP contribution in [0, 0.1) is 0 Å². The molecule has 0 N–H and O–H groups in total. The zero-order chi connectivity index (χ0) is 7.56. The maximum atomic E-state index is 10.7. The summed E-state index contributed by atoms with van der Waals surface area (Å²) in [7, 11) is 1.34. The maximum absolute atomic E-state index is 10.7. The van der Waals surface area contributed by atoms with Crippen LogP contribution >= 0.6 is 0 Å². The SMILES string of the molecule is COC(=O)C1=CC[C@@H](C)O1. The van der Waals surface area contributed by atoms with E-state index in [0.717, 1.165) is 6.42 Å². The number of hydrogen-bond donors (Lipinski definition) is 0. The Balaban J connectivity index is 2.51. The van der Waals surface area contributed by atoms with Crippen molar-refractivity contribution in [2.45, 2.75) is 19.4 Å². The van der Waals surface area contributed by atoms with Crippen molar-refractivity contribution >= 4 is 5.97 Å². The first-order valence-corrected chi connectivity index (χ1v) is 3.19. The van der Waals surface area contributed by atoms with Crippen molar-refractivity contribution in [1.29, 1.82) is 0 Å². The van der Waals surface area contributed by atoms with Crippen molar-refractivity contribution in [3.05, 3.63) is 11.8 Å². The Morgan fingerprint density at radius 2 is 2.60 bits per heavy atom. The van der Waals surface area contributed by atoms with Gasteiger partial charge in [-0.05, 0) is 13.0 Å². The van der Waals surface area contributed by atoms with Crippen molar-refractivity contribution in [2.24, 2.45) is 0 Å². The van der Waals surface area contributed by atoms with Gasteiger partial charge >= 0.3 is 5.97 Å². The molecule has 0 aromatic carbocycles. The molecule has 0 aromatic heterocycles. The van der Waals surface area contributed by atoms with Crippen LogP contribution in [0.2, 0.25) is 0 Å². The quantitative estimate of drug-likeness (QED) is 0.509. The minimum absolute atomic E-state index is 0.120. The Morgan fingerprint density at radius 3 is 3.00 bits per heavy atom. The molecule has 0 saturated heterocycles. The zero-order valence-electron chi connectivity index (χ0n) is 6.09. The second-order valence-electron chi connectivity index (χ2n) is 2.22. The van der Waals surface area contributed by atoms with Gasteiger partial charge in [0.05, 0.1) is 13.2 Å². The number of esters is 1. The van der Waals surface area contributed by atoms with E-state index in [-0.39, 0.29) is 12.1 Å². The summed E-state index contributed by atoms with van der Waals surface area (Å²) in [6.45, 7) is 1.91. The Labute approximate surface area is 59.6 Å². The molecule has 0 fully saturated rings. The van der Waals surface area contributed by atoms with Gasteiger partial charge in [0.1, 0.15) is 0 Å². The van der Waals surface area contributed by atoms with Gasteiger partial charge in [-0.25, -0.2) is 4.79 Å². The third kappa shape index (κ3) is 1.29. The van der Waals surface area contributed by atoms with Crippen LogP contribution in [0.3, 0.4) is 0 Å². The molecule has 56 valence electrons. The molecular weight excluding hydrogens is 132 g/mol. The van der Waals surface area contributed by atoms with Crippen LogP contribution in [-0.4, -0.2) is 19.2 Å². The van der Waals surface area contributed by atoms with E-state index in [0.29, 0.717) is 5.76 Å². The van der Waals surface area contributed by atoms with E-state index in [4.69, 9.17) is 4.74 Å². The molecule has 3 nitrogen and oxygen atoms in total. The molecule has 1 heterocycles. The molecule has 0 bridgehead atoms. The van der Waals surface area contributed by atoms with Crippen molar-refractivity contribution in [2.75, 3.05) is 7.11 Å². The summed E-state index contributed by atoms with van der Waals surface area (Å²) in [4.78, 5) is 10.7. The number of carbonyl (C=O) groups excluding carboxylic acids is 1. The first-order chi connectivity index (χ1) is 4.74. The van der Waals surface area contributed by atoms with Gasteiger partial charge in [0.15, 0.2) is 0 Å². The van der Waals surface area contributed by atoms with E-state index in [1.165, 1.54) is 7.11 Å². The Morgan fingerprint density at radius 1 is 1.90 bits per heavy atom. The van der Waals surface area contributed by atoms with E-state index < -0.39 is 0 Å². The van der Waals surface area contributed by atoms with Crippen LogP contribution in [0.4, 0.5) is 0 Å². The second-order valence-corrected chi connectivity index (χ2v) is 2.22. The minimum Gasteiger partial charge on any atom is -0.483 e. The topological polar surface area (TPSA) is 35.5 Å². The van der Waals surface area contributed by atoms with E-state index in [2.05, 4.69) is 4.74 Å². The average Bonchev–Trinajstić information content (AvgIpc) is 2.34.